The van der Waals surface area contributed by atoms with E-state index in [2.05, 4.69) is 271 Å². The highest BCUT2D eigenvalue weighted by Crippen LogP contribution is 2.55. The first-order valence-corrected chi connectivity index (χ1v) is 26.6. The van der Waals surface area contributed by atoms with E-state index in [9.17, 15) is 0 Å². The van der Waals surface area contributed by atoms with Crippen molar-refractivity contribution in [2.24, 2.45) is 0 Å². The van der Waals surface area contributed by atoms with Crippen molar-refractivity contribution in [1.82, 2.24) is 4.57 Å². The fraction of sp³-hybridized carbons (Fsp3) is 0.111. The summed E-state index contributed by atoms with van der Waals surface area (Å²) in [6.07, 6.45) is 6.38. The molecule has 0 bridgehead atoms. The Balaban J connectivity index is 1.04. The maximum absolute atomic E-state index is 2.59. The quantitative estimate of drug-likeness (QED) is 0.140. The molecule has 14 rings (SSSR count). The van der Waals surface area contributed by atoms with Crippen LogP contribution in [0.1, 0.15) is 67.2 Å². The third kappa shape index (κ3) is 7.00. The lowest BCUT2D eigenvalue weighted by Gasteiger charge is -2.32. The standard InChI is InChI=1S/C72H56N2/c1-72(52-28-7-3-8-29-52)63-40-16-11-33-56(63)57-47-46-51(48-64(57)72)54-32-12-17-41-65(54)74(66-42-18-13-34-58(66)60-38-22-27-50-26-21-37-55(70(50)60)49-24-5-2-6-25-49)67-43-19-14-35-59(67)61-39-23-45-69-71(61)62-36-15-20-44-68(62)73(69)53-30-9-4-10-31-53/h3-4,7-23,26-49H,2,5-6,24-25H2,1H3. The van der Waals surface area contributed by atoms with Gasteiger partial charge >= 0.3 is 0 Å². The van der Waals surface area contributed by atoms with E-state index in [1.54, 1.807) is 0 Å². The van der Waals surface area contributed by atoms with Gasteiger partial charge in [-0.25, -0.2) is 0 Å². The number of hydrogen-bond donors (Lipinski definition) is 0. The highest BCUT2D eigenvalue weighted by molar-refractivity contribution is 6.17. The predicted molar refractivity (Wildman–Crippen MR) is 313 cm³/mol. The molecule has 1 heterocycles. The summed E-state index contributed by atoms with van der Waals surface area (Å²) in [5.74, 6) is 0.546. The van der Waals surface area contributed by atoms with Crippen molar-refractivity contribution >= 4 is 49.6 Å². The Morgan fingerprint density at radius 1 is 0.392 bits per heavy atom. The lowest BCUT2D eigenvalue weighted by atomic mass is 9.74. The van der Waals surface area contributed by atoms with Gasteiger partial charge in [0.05, 0.1) is 28.1 Å². The molecular weight excluding hydrogens is 893 g/mol. The van der Waals surface area contributed by atoms with E-state index >= 15 is 0 Å². The Hall–Kier alpha value is -8.72. The molecule has 1 fully saturated rings. The van der Waals surface area contributed by atoms with E-state index < -0.39 is 0 Å². The molecule has 74 heavy (non-hydrogen) atoms. The van der Waals surface area contributed by atoms with Gasteiger partial charge in [-0.3, -0.25) is 0 Å². The zero-order chi connectivity index (χ0) is 49.2. The van der Waals surface area contributed by atoms with Gasteiger partial charge in [0.25, 0.3) is 0 Å². The molecule has 0 spiro atoms. The summed E-state index contributed by atoms with van der Waals surface area (Å²) in [5, 5.41) is 5.16. The summed E-state index contributed by atoms with van der Waals surface area (Å²) in [4.78, 5) is 2.59. The zero-order valence-electron chi connectivity index (χ0n) is 41.8. The molecule has 1 aromatic heterocycles. The molecule has 0 N–H and O–H groups in total. The minimum absolute atomic E-state index is 0.334. The molecule has 0 aliphatic heterocycles. The molecule has 0 amide bonds. The molecule has 11 aromatic carbocycles. The summed E-state index contributed by atoms with van der Waals surface area (Å²) in [7, 11) is 0. The lowest BCUT2D eigenvalue weighted by molar-refractivity contribution is 0.445. The Kier molecular flexibility index (Phi) is 10.8. The normalized spacial score (nSPS) is 15.4. The Morgan fingerprint density at radius 2 is 0.919 bits per heavy atom. The number of nitrogens with zero attached hydrogens (tertiary/aromatic N) is 2. The van der Waals surface area contributed by atoms with Crippen LogP contribution in [0.3, 0.4) is 0 Å². The Morgan fingerprint density at radius 3 is 1.65 bits per heavy atom. The van der Waals surface area contributed by atoms with Crippen LogP contribution in [0.4, 0.5) is 17.1 Å². The van der Waals surface area contributed by atoms with E-state index in [4.69, 9.17) is 0 Å². The SMILES string of the molecule is CC1(c2ccccc2)c2ccccc2-c2ccc(-c3ccccc3N(c3ccccc3-c3cccc4cccc(C5CCCCC5)c34)c3ccccc3-c3cccc4c3c3ccccc3n4-c3ccccc3)cc21. The van der Waals surface area contributed by atoms with Crippen molar-refractivity contribution in [3.8, 4) is 50.2 Å². The second kappa shape index (κ2) is 18.1. The molecule has 2 aliphatic carbocycles. The molecule has 354 valence electrons. The van der Waals surface area contributed by atoms with E-state index in [1.165, 1.54) is 131 Å². The molecule has 12 aromatic rings. The topological polar surface area (TPSA) is 8.17 Å². The summed E-state index contributed by atoms with van der Waals surface area (Å²) in [6.45, 7) is 2.42. The Labute approximate surface area is 434 Å². The number of benzene rings is 11. The van der Waals surface area contributed by atoms with Crippen LogP contribution >= 0.6 is 0 Å². The first-order chi connectivity index (χ1) is 36.6. The molecule has 1 atom stereocenters. The van der Waals surface area contributed by atoms with Crippen molar-refractivity contribution in [3.05, 3.63) is 277 Å². The summed E-state index contributed by atoms with van der Waals surface area (Å²) in [6, 6.07) is 95.4. The van der Waals surface area contributed by atoms with Crippen LogP contribution in [0.25, 0.3) is 82.8 Å². The average molecular weight is 949 g/mol. The van der Waals surface area contributed by atoms with Gasteiger partial charge < -0.3 is 9.47 Å². The third-order valence-electron chi connectivity index (χ3n) is 16.7. The summed E-state index contributed by atoms with van der Waals surface area (Å²) >= 11 is 0. The number of anilines is 3. The first kappa shape index (κ1) is 44.0. The van der Waals surface area contributed by atoms with E-state index in [0.717, 1.165) is 22.7 Å². The molecule has 1 saturated carbocycles. The number of fused-ring (bicyclic) bond motifs is 7. The average Bonchev–Trinajstić information content (AvgIpc) is 4.00. The van der Waals surface area contributed by atoms with Crippen molar-refractivity contribution in [2.45, 2.75) is 50.4 Å². The molecule has 2 nitrogen and oxygen atoms in total. The second-order valence-electron chi connectivity index (χ2n) is 20.7. The van der Waals surface area contributed by atoms with Crippen LogP contribution in [-0.2, 0) is 5.41 Å². The largest absolute Gasteiger partial charge is 0.309 e. The van der Waals surface area contributed by atoms with E-state index in [-0.39, 0.29) is 5.41 Å². The van der Waals surface area contributed by atoms with Crippen molar-refractivity contribution < 1.29 is 0 Å². The van der Waals surface area contributed by atoms with Crippen LogP contribution in [-0.4, -0.2) is 4.57 Å². The highest BCUT2D eigenvalue weighted by Gasteiger charge is 2.41. The second-order valence-corrected chi connectivity index (χ2v) is 20.7. The maximum Gasteiger partial charge on any atom is 0.0547 e. The smallest absolute Gasteiger partial charge is 0.0547 e. The predicted octanol–water partition coefficient (Wildman–Crippen LogP) is 19.8. The monoisotopic (exact) mass is 948 g/mol. The van der Waals surface area contributed by atoms with Gasteiger partial charge in [0, 0.05) is 38.6 Å². The van der Waals surface area contributed by atoms with Gasteiger partial charge in [0.15, 0.2) is 0 Å². The van der Waals surface area contributed by atoms with E-state index in [0.29, 0.717) is 5.92 Å². The molecule has 2 heteroatoms. The number of aromatic nitrogens is 1. The summed E-state index contributed by atoms with van der Waals surface area (Å²) in [5.41, 5.74) is 21.9. The summed E-state index contributed by atoms with van der Waals surface area (Å²) < 4.78 is 2.43. The Bertz CT molecular complexity index is 4080. The van der Waals surface area contributed by atoms with Crippen molar-refractivity contribution in [2.75, 3.05) is 4.90 Å². The maximum atomic E-state index is 2.59. The fourth-order valence-electron chi connectivity index (χ4n) is 13.3. The minimum atomic E-state index is -0.334. The van der Waals surface area contributed by atoms with Crippen LogP contribution in [0.2, 0.25) is 0 Å². The van der Waals surface area contributed by atoms with Crippen LogP contribution in [0.15, 0.2) is 255 Å². The van der Waals surface area contributed by atoms with Gasteiger partial charge in [0.2, 0.25) is 0 Å². The van der Waals surface area contributed by atoms with Crippen molar-refractivity contribution in [3.63, 3.8) is 0 Å². The molecule has 0 saturated heterocycles. The highest BCUT2D eigenvalue weighted by atomic mass is 15.2. The van der Waals surface area contributed by atoms with Crippen LogP contribution in [0, 0.1) is 0 Å². The van der Waals surface area contributed by atoms with Gasteiger partial charge in [-0.15, -0.1) is 0 Å². The number of para-hydroxylation sites is 5. The minimum Gasteiger partial charge on any atom is -0.309 e. The lowest BCUT2D eigenvalue weighted by Crippen LogP contribution is -2.22. The molecular formula is C72H56N2. The fourth-order valence-corrected chi connectivity index (χ4v) is 13.3. The molecule has 0 radical (unpaired) electrons. The number of hydrogen-bond acceptors (Lipinski definition) is 1. The third-order valence-corrected chi connectivity index (χ3v) is 16.7. The zero-order valence-corrected chi connectivity index (χ0v) is 41.8. The number of rotatable bonds is 9. The van der Waals surface area contributed by atoms with E-state index in [1.807, 2.05) is 0 Å². The van der Waals surface area contributed by atoms with Gasteiger partial charge in [-0.05, 0) is 135 Å². The molecule has 1 unspecified atom stereocenters. The first-order valence-electron chi connectivity index (χ1n) is 26.6. The molecule has 2 aliphatic rings. The van der Waals surface area contributed by atoms with Crippen LogP contribution in [0.5, 0.6) is 0 Å². The van der Waals surface area contributed by atoms with Crippen molar-refractivity contribution in [1.29, 1.82) is 0 Å². The van der Waals surface area contributed by atoms with Crippen LogP contribution < -0.4 is 4.90 Å². The van der Waals surface area contributed by atoms with Gasteiger partial charge in [0.1, 0.15) is 0 Å². The van der Waals surface area contributed by atoms with Gasteiger partial charge in [-0.1, -0.05) is 226 Å². The van der Waals surface area contributed by atoms with Gasteiger partial charge in [-0.2, -0.15) is 0 Å².